The average Bonchev–Trinajstić information content (AvgIpc) is 3.28. The molecule has 0 spiro atoms. The number of carbonyl (C=O) groups excluding carboxylic acids is 2. The summed E-state index contributed by atoms with van der Waals surface area (Å²) in [5, 5.41) is 7.58. The molecule has 0 aliphatic carbocycles. The number of nitrogens with zero attached hydrogens (tertiary/aromatic N) is 2. The van der Waals surface area contributed by atoms with E-state index in [2.05, 4.69) is 5.32 Å². The monoisotopic (exact) mass is 470 g/mol. The molecule has 1 aromatic heterocycles. The van der Waals surface area contributed by atoms with Crippen LogP contribution >= 0.6 is 0 Å². The molecule has 0 aliphatic heterocycles. The maximum atomic E-state index is 13.3. The summed E-state index contributed by atoms with van der Waals surface area (Å²) in [6.45, 7) is 4.05. The van der Waals surface area contributed by atoms with Crippen molar-refractivity contribution in [3.8, 4) is 16.9 Å². The summed E-state index contributed by atoms with van der Waals surface area (Å²) >= 11 is 0. The van der Waals surface area contributed by atoms with Crippen LogP contribution in [0.4, 0.5) is 4.39 Å². The number of nitrogens with one attached hydrogen (secondary N) is 1. The fourth-order valence-electron chi connectivity index (χ4n) is 4.02. The van der Waals surface area contributed by atoms with Crippen molar-refractivity contribution >= 4 is 11.8 Å². The first-order valence-electron chi connectivity index (χ1n) is 11.4. The first kappa shape index (κ1) is 23.9. The number of carbonyl (C=O) groups is 2. The Morgan fingerprint density at radius 2 is 1.74 bits per heavy atom. The average molecular weight is 471 g/mol. The van der Waals surface area contributed by atoms with Gasteiger partial charge in [0, 0.05) is 18.3 Å². The molecule has 3 aromatic carbocycles. The highest BCUT2D eigenvalue weighted by Crippen LogP contribution is 2.27. The lowest BCUT2D eigenvalue weighted by Crippen LogP contribution is -2.37. The molecule has 7 heteroatoms. The number of aryl methyl sites for hydroxylation is 2. The SMILES string of the molecule is Cc1ccc(-c2nn(-c3ccccc3)cc2C(=O)NCC(Cc2ccc(F)cc2)C(N)=O)c(C)c1. The molecular weight excluding hydrogens is 443 g/mol. The topological polar surface area (TPSA) is 90.0 Å². The van der Waals surface area contributed by atoms with Crippen LogP contribution in [0.15, 0.2) is 79.0 Å². The molecule has 2 amide bonds. The number of rotatable bonds is 8. The molecule has 35 heavy (non-hydrogen) atoms. The van der Waals surface area contributed by atoms with Crippen molar-refractivity contribution in [1.29, 1.82) is 0 Å². The number of para-hydroxylation sites is 1. The van der Waals surface area contributed by atoms with Crippen LogP contribution in [0.1, 0.15) is 27.0 Å². The van der Waals surface area contributed by atoms with E-state index >= 15 is 0 Å². The molecule has 6 nitrogen and oxygen atoms in total. The lowest BCUT2D eigenvalue weighted by Gasteiger charge is -2.15. The number of nitrogens with two attached hydrogens (primary N) is 1. The predicted molar refractivity (Wildman–Crippen MR) is 134 cm³/mol. The maximum absolute atomic E-state index is 13.3. The summed E-state index contributed by atoms with van der Waals surface area (Å²) in [5.41, 5.74) is 11.1. The van der Waals surface area contributed by atoms with Gasteiger partial charge < -0.3 is 11.1 Å². The third-order valence-electron chi connectivity index (χ3n) is 5.92. The molecule has 1 atom stereocenters. The smallest absolute Gasteiger partial charge is 0.255 e. The van der Waals surface area contributed by atoms with Gasteiger partial charge >= 0.3 is 0 Å². The molecular formula is C28H27FN4O2. The van der Waals surface area contributed by atoms with Gasteiger partial charge in [0.05, 0.1) is 17.2 Å². The number of hydrogen-bond donors (Lipinski definition) is 2. The van der Waals surface area contributed by atoms with Gasteiger partial charge in [-0.05, 0) is 55.7 Å². The molecule has 0 aliphatic rings. The Morgan fingerprint density at radius 3 is 2.40 bits per heavy atom. The maximum Gasteiger partial charge on any atom is 0.255 e. The van der Waals surface area contributed by atoms with Gasteiger partial charge in [0.1, 0.15) is 11.5 Å². The minimum Gasteiger partial charge on any atom is -0.369 e. The van der Waals surface area contributed by atoms with Crippen molar-refractivity contribution < 1.29 is 14.0 Å². The second-order valence-corrected chi connectivity index (χ2v) is 8.63. The second-order valence-electron chi connectivity index (χ2n) is 8.63. The number of hydrogen-bond acceptors (Lipinski definition) is 3. The van der Waals surface area contributed by atoms with E-state index in [9.17, 15) is 14.0 Å². The van der Waals surface area contributed by atoms with Gasteiger partial charge in [-0.1, -0.05) is 54.1 Å². The van der Waals surface area contributed by atoms with E-state index in [4.69, 9.17) is 10.8 Å². The van der Waals surface area contributed by atoms with Crippen molar-refractivity contribution in [3.05, 3.63) is 107 Å². The van der Waals surface area contributed by atoms with Gasteiger partial charge in [0.2, 0.25) is 5.91 Å². The highest BCUT2D eigenvalue weighted by Gasteiger charge is 2.22. The minimum absolute atomic E-state index is 0.0500. The number of halogens is 1. The van der Waals surface area contributed by atoms with Gasteiger partial charge in [-0.3, -0.25) is 9.59 Å². The van der Waals surface area contributed by atoms with Gasteiger partial charge in [-0.25, -0.2) is 9.07 Å². The Kier molecular flexibility index (Phi) is 7.06. The van der Waals surface area contributed by atoms with E-state index in [0.29, 0.717) is 17.7 Å². The van der Waals surface area contributed by atoms with Gasteiger partial charge in [0.15, 0.2) is 0 Å². The van der Waals surface area contributed by atoms with Crippen molar-refractivity contribution in [2.75, 3.05) is 6.54 Å². The zero-order valence-electron chi connectivity index (χ0n) is 19.7. The van der Waals surface area contributed by atoms with Crippen molar-refractivity contribution in [2.45, 2.75) is 20.3 Å². The molecule has 0 bridgehead atoms. The molecule has 1 heterocycles. The van der Waals surface area contributed by atoms with Gasteiger partial charge in [-0.15, -0.1) is 0 Å². The lowest BCUT2D eigenvalue weighted by atomic mass is 9.98. The Bertz CT molecular complexity index is 1350. The summed E-state index contributed by atoms with van der Waals surface area (Å²) in [7, 11) is 0. The van der Waals surface area contributed by atoms with Crippen molar-refractivity contribution in [2.24, 2.45) is 11.7 Å². The second kappa shape index (κ2) is 10.3. The van der Waals surface area contributed by atoms with Crippen LogP contribution in [-0.2, 0) is 11.2 Å². The number of amides is 2. The van der Waals surface area contributed by atoms with Gasteiger partial charge in [-0.2, -0.15) is 5.10 Å². The Hall–Kier alpha value is -4.26. The zero-order valence-corrected chi connectivity index (χ0v) is 19.7. The molecule has 0 radical (unpaired) electrons. The van der Waals surface area contributed by atoms with E-state index in [-0.39, 0.29) is 18.3 Å². The standard InChI is InChI=1S/C28H27FN4O2/c1-18-8-13-24(19(2)14-18)26-25(17-33(32-26)23-6-4-3-5-7-23)28(35)31-16-21(27(30)34)15-20-9-11-22(29)12-10-20/h3-14,17,21H,15-16H2,1-2H3,(H2,30,34)(H,31,35). The van der Waals surface area contributed by atoms with Crippen molar-refractivity contribution in [3.63, 3.8) is 0 Å². The van der Waals surface area contributed by atoms with Crippen LogP contribution in [0.2, 0.25) is 0 Å². The van der Waals surface area contributed by atoms with Gasteiger partial charge in [0.25, 0.3) is 5.91 Å². The Morgan fingerprint density at radius 1 is 1.03 bits per heavy atom. The molecule has 0 saturated carbocycles. The Balaban J connectivity index is 1.61. The predicted octanol–water partition coefficient (Wildman–Crippen LogP) is 4.37. The summed E-state index contributed by atoms with van der Waals surface area (Å²) in [6, 6.07) is 21.4. The van der Waals surface area contributed by atoms with Crippen LogP contribution in [0.5, 0.6) is 0 Å². The van der Waals surface area contributed by atoms with E-state index in [0.717, 1.165) is 27.9 Å². The fourth-order valence-corrected chi connectivity index (χ4v) is 4.02. The largest absolute Gasteiger partial charge is 0.369 e. The highest BCUT2D eigenvalue weighted by molar-refractivity contribution is 6.00. The summed E-state index contributed by atoms with van der Waals surface area (Å²) in [6.07, 6.45) is 1.99. The molecule has 0 fully saturated rings. The summed E-state index contributed by atoms with van der Waals surface area (Å²) in [4.78, 5) is 25.4. The third-order valence-corrected chi connectivity index (χ3v) is 5.92. The normalized spacial score (nSPS) is 11.7. The molecule has 1 unspecified atom stereocenters. The molecule has 178 valence electrons. The quantitative estimate of drug-likeness (QED) is 0.401. The van der Waals surface area contributed by atoms with Crippen LogP contribution in [-0.4, -0.2) is 28.1 Å². The van der Waals surface area contributed by atoms with Crippen LogP contribution in [0.25, 0.3) is 16.9 Å². The number of benzene rings is 3. The Labute approximate surface area is 203 Å². The van der Waals surface area contributed by atoms with Crippen LogP contribution < -0.4 is 11.1 Å². The highest BCUT2D eigenvalue weighted by atomic mass is 19.1. The lowest BCUT2D eigenvalue weighted by molar-refractivity contribution is -0.121. The third kappa shape index (κ3) is 5.63. The van der Waals surface area contributed by atoms with Crippen LogP contribution in [0, 0.1) is 25.6 Å². The van der Waals surface area contributed by atoms with E-state index in [1.165, 1.54) is 12.1 Å². The van der Waals surface area contributed by atoms with E-state index in [1.54, 1.807) is 23.0 Å². The first-order chi connectivity index (χ1) is 16.8. The van der Waals surface area contributed by atoms with E-state index < -0.39 is 11.8 Å². The molecule has 4 rings (SSSR count). The number of aromatic nitrogens is 2. The van der Waals surface area contributed by atoms with Crippen LogP contribution in [0.3, 0.4) is 0 Å². The molecule has 0 saturated heterocycles. The summed E-state index contributed by atoms with van der Waals surface area (Å²) < 4.78 is 14.9. The molecule has 4 aromatic rings. The zero-order chi connectivity index (χ0) is 24.9. The summed E-state index contributed by atoms with van der Waals surface area (Å²) in [5.74, 6) is -1.89. The number of primary amides is 1. The van der Waals surface area contributed by atoms with E-state index in [1.807, 2.05) is 62.4 Å². The first-order valence-corrected chi connectivity index (χ1v) is 11.4. The van der Waals surface area contributed by atoms with Crippen molar-refractivity contribution in [1.82, 2.24) is 15.1 Å². The molecule has 3 N–H and O–H groups in total. The minimum atomic E-state index is -0.641. The fraction of sp³-hybridized carbons (Fsp3) is 0.179.